The summed E-state index contributed by atoms with van der Waals surface area (Å²) in [5.74, 6) is 5.89. The lowest BCUT2D eigenvalue weighted by Crippen LogP contribution is -2.24. The second kappa shape index (κ2) is 11.3. The number of nitriles is 1. The second-order valence-electron chi connectivity index (χ2n) is 7.97. The third-order valence-electron chi connectivity index (χ3n) is 5.48. The van der Waals surface area contributed by atoms with Gasteiger partial charge >= 0.3 is 0 Å². The van der Waals surface area contributed by atoms with Gasteiger partial charge in [0.15, 0.2) is 5.82 Å². The van der Waals surface area contributed by atoms with Crippen LogP contribution in [0.25, 0.3) is 5.82 Å². The Hall–Kier alpha value is -5.12. The summed E-state index contributed by atoms with van der Waals surface area (Å²) in [7, 11) is 3.05. The van der Waals surface area contributed by atoms with Gasteiger partial charge in [0.25, 0.3) is 11.8 Å². The number of carbonyl (C=O) groups is 2. The van der Waals surface area contributed by atoms with E-state index in [9.17, 15) is 14.9 Å². The van der Waals surface area contributed by atoms with Crippen LogP contribution in [0.5, 0.6) is 5.75 Å². The van der Waals surface area contributed by atoms with E-state index in [1.807, 2.05) is 6.07 Å². The summed E-state index contributed by atoms with van der Waals surface area (Å²) in [5.41, 5.74) is 2.37. The molecular weight excluding hydrogens is 504 g/mol. The molecule has 0 unspecified atom stereocenters. The van der Waals surface area contributed by atoms with Gasteiger partial charge in [-0.3, -0.25) is 9.59 Å². The third kappa shape index (κ3) is 5.49. The van der Waals surface area contributed by atoms with Crippen molar-refractivity contribution >= 4 is 29.1 Å². The molecule has 4 aromatic rings. The summed E-state index contributed by atoms with van der Waals surface area (Å²) >= 11 is 6.36. The monoisotopic (exact) mass is 524 g/mol. The molecule has 0 aliphatic carbocycles. The summed E-state index contributed by atoms with van der Waals surface area (Å²) in [6.07, 6.45) is 1.53. The molecule has 2 amide bonds. The Labute approximate surface area is 224 Å². The van der Waals surface area contributed by atoms with Gasteiger partial charge in [-0.25, -0.2) is 9.67 Å². The van der Waals surface area contributed by atoms with Crippen LogP contribution in [0, 0.1) is 30.1 Å². The number of amides is 2. The first-order valence-corrected chi connectivity index (χ1v) is 11.7. The summed E-state index contributed by atoms with van der Waals surface area (Å²) in [4.78, 5) is 30.3. The number of rotatable bonds is 5. The topological polar surface area (TPSA) is 122 Å². The predicted molar refractivity (Wildman–Crippen MR) is 143 cm³/mol. The zero-order valence-corrected chi connectivity index (χ0v) is 21.4. The van der Waals surface area contributed by atoms with E-state index in [0.717, 1.165) is 5.56 Å². The number of nitrogens with one attached hydrogen (secondary N) is 2. The highest BCUT2D eigenvalue weighted by Crippen LogP contribution is 2.25. The Morgan fingerprint density at radius 3 is 2.47 bits per heavy atom. The molecular formula is C28H21ClN6O3. The number of nitrogens with zero attached hydrogens (tertiary/aromatic N) is 4. The third-order valence-corrected chi connectivity index (χ3v) is 5.78. The van der Waals surface area contributed by atoms with Gasteiger partial charge in [0.1, 0.15) is 17.1 Å². The maximum Gasteiger partial charge on any atom is 0.274 e. The number of aryl methyl sites for hydroxylation is 1. The van der Waals surface area contributed by atoms with E-state index >= 15 is 0 Å². The fraction of sp³-hybridized carbons (Fsp3) is 0.107. The van der Waals surface area contributed by atoms with Crippen LogP contribution in [0.1, 0.15) is 43.2 Å². The SMILES string of the molecule is CNC(=O)c1cc(C#N)cc(C)c1NC(=O)c1cc(C#Cc2ccc(OC)cc2)nn1-c1ncccc1Cl. The number of halogens is 1. The van der Waals surface area contributed by atoms with Crippen LogP contribution in [0.3, 0.4) is 0 Å². The van der Waals surface area contributed by atoms with Crippen molar-refractivity contribution in [3.05, 3.63) is 99.5 Å². The molecule has 0 spiro atoms. The van der Waals surface area contributed by atoms with Crippen LogP contribution in [0.4, 0.5) is 5.69 Å². The van der Waals surface area contributed by atoms with E-state index in [2.05, 4.69) is 32.6 Å². The first-order valence-electron chi connectivity index (χ1n) is 11.3. The first-order chi connectivity index (χ1) is 18.3. The number of anilines is 1. The largest absolute Gasteiger partial charge is 0.497 e. The molecule has 9 nitrogen and oxygen atoms in total. The van der Waals surface area contributed by atoms with E-state index in [4.69, 9.17) is 16.3 Å². The molecule has 0 bridgehead atoms. The van der Waals surface area contributed by atoms with Crippen LogP contribution < -0.4 is 15.4 Å². The van der Waals surface area contributed by atoms with Crippen LogP contribution >= 0.6 is 11.6 Å². The molecule has 2 N–H and O–H groups in total. The Balaban J connectivity index is 1.77. The number of hydrogen-bond acceptors (Lipinski definition) is 6. The number of ether oxygens (including phenoxy) is 1. The Morgan fingerprint density at radius 2 is 1.82 bits per heavy atom. The highest BCUT2D eigenvalue weighted by atomic mass is 35.5. The highest BCUT2D eigenvalue weighted by molar-refractivity contribution is 6.32. The quantitative estimate of drug-likeness (QED) is 0.379. The molecule has 2 aromatic carbocycles. The summed E-state index contributed by atoms with van der Waals surface area (Å²) < 4.78 is 6.47. The van der Waals surface area contributed by atoms with Crippen molar-refractivity contribution in [3.63, 3.8) is 0 Å². The molecule has 2 aromatic heterocycles. The number of methoxy groups -OCH3 is 1. The van der Waals surface area contributed by atoms with Crippen LogP contribution in [0.15, 0.2) is 60.8 Å². The first kappa shape index (κ1) is 26.0. The Bertz CT molecular complexity index is 1640. The van der Waals surface area contributed by atoms with Gasteiger partial charge in [0.05, 0.1) is 35.0 Å². The number of hydrogen-bond donors (Lipinski definition) is 2. The number of pyridine rings is 1. The highest BCUT2D eigenvalue weighted by Gasteiger charge is 2.22. The normalized spacial score (nSPS) is 10.1. The van der Waals surface area contributed by atoms with Crippen molar-refractivity contribution in [1.82, 2.24) is 20.1 Å². The number of carbonyl (C=O) groups excluding carboxylic acids is 2. The molecule has 0 saturated carbocycles. The summed E-state index contributed by atoms with van der Waals surface area (Å²) in [6.45, 7) is 1.70. The van der Waals surface area contributed by atoms with Gasteiger partial charge in [-0.1, -0.05) is 17.5 Å². The molecule has 0 atom stereocenters. The predicted octanol–water partition coefficient (Wildman–Crippen LogP) is 4.12. The standard InChI is InChI=1S/C28H21ClN6O3/c1-17-13-19(16-30)14-22(27(36)31-2)25(17)33-28(37)24-15-20(9-6-18-7-10-21(38-3)11-8-18)34-35(24)26-23(29)5-4-12-32-26/h4-5,7-8,10-15H,1-3H3,(H,31,36)(H,33,37). The van der Waals surface area contributed by atoms with E-state index in [0.29, 0.717) is 22.6 Å². The average molecular weight is 525 g/mol. The fourth-order valence-electron chi connectivity index (χ4n) is 3.62. The molecule has 0 aliphatic heterocycles. The molecule has 0 aliphatic rings. The van der Waals surface area contributed by atoms with E-state index < -0.39 is 11.8 Å². The van der Waals surface area contributed by atoms with E-state index in [1.165, 1.54) is 30.1 Å². The van der Waals surface area contributed by atoms with Crippen molar-refractivity contribution in [1.29, 1.82) is 5.26 Å². The van der Waals surface area contributed by atoms with E-state index in [-0.39, 0.29) is 27.8 Å². The van der Waals surface area contributed by atoms with Crippen molar-refractivity contribution in [2.45, 2.75) is 6.92 Å². The van der Waals surface area contributed by atoms with Crippen LogP contribution in [-0.4, -0.2) is 40.7 Å². The van der Waals surface area contributed by atoms with Gasteiger partial charge in [-0.05, 0) is 66.9 Å². The molecule has 38 heavy (non-hydrogen) atoms. The van der Waals surface area contributed by atoms with Gasteiger partial charge in [-0.15, -0.1) is 0 Å². The minimum atomic E-state index is -0.574. The minimum absolute atomic E-state index is 0.0937. The molecule has 0 saturated heterocycles. The van der Waals surface area contributed by atoms with Crippen molar-refractivity contribution in [2.75, 3.05) is 19.5 Å². The maximum absolute atomic E-state index is 13.5. The smallest absolute Gasteiger partial charge is 0.274 e. The van der Waals surface area contributed by atoms with Gasteiger partial charge < -0.3 is 15.4 Å². The average Bonchev–Trinajstić information content (AvgIpc) is 3.37. The molecule has 4 rings (SSSR count). The lowest BCUT2D eigenvalue weighted by molar-refractivity contribution is 0.0964. The zero-order valence-electron chi connectivity index (χ0n) is 20.7. The lowest BCUT2D eigenvalue weighted by Gasteiger charge is -2.14. The minimum Gasteiger partial charge on any atom is -0.497 e. The summed E-state index contributed by atoms with van der Waals surface area (Å²) in [6, 6.07) is 17.0. The van der Waals surface area contributed by atoms with Gasteiger partial charge in [0.2, 0.25) is 0 Å². The van der Waals surface area contributed by atoms with Crippen LogP contribution in [0.2, 0.25) is 5.02 Å². The van der Waals surface area contributed by atoms with Gasteiger partial charge in [-0.2, -0.15) is 10.4 Å². The number of benzene rings is 2. The Morgan fingerprint density at radius 1 is 1.05 bits per heavy atom. The van der Waals surface area contributed by atoms with Crippen molar-refractivity contribution in [3.8, 4) is 29.5 Å². The number of aromatic nitrogens is 3. The Kier molecular flexibility index (Phi) is 7.72. The second-order valence-corrected chi connectivity index (χ2v) is 8.38. The molecule has 10 heteroatoms. The molecule has 2 heterocycles. The van der Waals surface area contributed by atoms with Crippen molar-refractivity contribution in [2.24, 2.45) is 0 Å². The molecule has 0 fully saturated rings. The maximum atomic E-state index is 13.5. The van der Waals surface area contributed by atoms with Gasteiger partial charge in [0, 0.05) is 24.9 Å². The summed E-state index contributed by atoms with van der Waals surface area (Å²) in [5, 5.41) is 19.4. The molecule has 0 radical (unpaired) electrons. The lowest BCUT2D eigenvalue weighted by atomic mass is 10.0. The molecule has 188 valence electrons. The van der Waals surface area contributed by atoms with Crippen molar-refractivity contribution < 1.29 is 14.3 Å². The fourth-order valence-corrected chi connectivity index (χ4v) is 3.82. The zero-order chi connectivity index (χ0) is 27.2. The van der Waals surface area contributed by atoms with Crippen LogP contribution in [-0.2, 0) is 0 Å². The van der Waals surface area contributed by atoms with E-state index in [1.54, 1.807) is 56.5 Å².